The van der Waals surface area contributed by atoms with Gasteiger partial charge in [-0.1, -0.05) is 32.0 Å². The normalized spacial score (nSPS) is 11.9. The highest BCUT2D eigenvalue weighted by Gasteiger charge is 2.29. The average molecular weight is 434 g/mol. The van der Waals surface area contributed by atoms with Crippen molar-refractivity contribution in [1.29, 1.82) is 5.26 Å². The predicted molar refractivity (Wildman–Crippen MR) is 109 cm³/mol. The van der Waals surface area contributed by atoms with Crippen LogP contribution < -0.4 is 20.7 Å². The average Bonchev–Trinajstić information content (AvgIpc) is 2.70. The minimum Gasteiger partial charge on any atom is -0.483 e. The monoisotopic (exact) mass is 434 g/mol. The van der Waals surface area contributed by atoms with Gasteiger partial charge in [-0.25, -0.2) is 4.79 Å². The lowest BCUT2D eigenvalue weighted by Crippen LogP contribution is -2.48. The number of carbonyl (C=O) groups is 2. The Labute approximate surface area is 177 Å². The zero-order chi connectivity index (χ0) is 23.0. The van der Waals surface area contributed by atoms with Crippen LogP contribution in [0.15, 0.2) is 48.5 Å². The van der Waals surface area contributed by atoms with E-state index in [1.165, 1.54) is 18.2 Å². The third kappa shape index (κ3) is 7.54. The fraction of sp³-hybridized carbons (Fsp3) is 0.286. The van der Waals surface area contributed by atoms with Crippen LogP contribution >= 0.6 is 0 Å². The molecule has 1 unspecified atom stereocenters. The molecule has 0 aromatic heterocycles. The molecular formula is C21H21F3N4O3. The molecule has 0 aliphatic carbocycles. The first-order chi connectivity index (χ1) is 14.6. The molecule has 3 amide bonds. The van der Waals surface area contributed by atoms with Crippen molar-refractivity contribution in [2.45, 2.75) is 26.1 Å². The summed E-state index contributed by atoms with van der Waals surface area (Å²) in [5.41, 5.74) is 0.561. The van der Waals surface area contributed by atoms with Crippen LogP contribution in [0.2, 0.25) is 0 Å². The number of benzene rings is 2. The lowest BCUT2D eigenvalue weighted by molar-refractivity contribution is -0.153. The molecule has 0 fully saturated rings. The molecule has 0 heterocycles. The van der Waals surface area contributed by atoms with Crippen LogP contribution in [-0.2, 0) is 4.79 Å². The summed E-state index contributed by atoms with van der Waals surface area (Å²) in [5, 5.41) is 16.9. The first kappa shape index (κ1) is 23.5. The highest BCUT2D eigenvalue weighted by molar-refractivity contribution is 5.99. The molecule has 2 rings (SSSR count). The first-order valence-electron chi connectivity index (χ1n) is 9.26. The third-order valence-corrected chi connectivity index (χ3v) is 4.03. The second-order valence-corrected chi connectivity index (χ2v) is 6.90. The quantitative estimate of drug-likeness (QED) is 0.605. The number of anilines is 2. The van der Waals surface area contributed by atoms with Gasteiger partial charge in [0.1, 0.15) is 17.9 Å². The number of ether oxygens (including phenoxy) is 1. The number of halogens is 3. The van der Waals surface area contributed by atoms with Gasteiger partial charge in [0.05, 0.1) is 5.56 Å². The van der Waals surface area contributed by atoms with E-state index in [1.807, 2.05) is 0 Å². The van der Waals surface area contributed by atoms with Crippen molar-refractivity contribution in [1.82, 2.24) is 5.32 Å². The Balaban J connectivity index is 2.06. The number of nitrogens with one attached hydrogen (secondary N) is 3. The number of alkyl halides is 3. The smallest absolute Gasteiger partial charge is 0.422 e. The Morgan fingerprint density at radius 2 is 1.74 bits per heavy atom. The van der Waals surface area contributed by atoms with E-state index < -0.39 is 30.8 Å². The lowest BCUT2D eigenvalue weighted by atomic mass is 10.0. The van der Waals surface area contributed by atoms with Crippen LogP contribution in [0.25, 0.3) is 0 Å². The number of hydrogen-bond acceptors (Lipinski definition) is 4. The topological polar surface area (TPSA) is 103 Å². The summed E-state index contributed by atoms with van der Waals surface area (Å²) in [7, 11) is 0. The van der Waals surface area contributed by atoms with Crippen LogP contribution in [0.4, 0.5) is 29.3 Å². The number of nitriles is 1. The summed E-state index contributed by atoms with van der Waals surface area (Å²) < 4.78 is 41.6. The molecule has 3 N–H and O–H groups in total. The van der Waals surface area contributed by atoms with Crippen molar-refractivity contribution in [2.24, 2.45) is 5.92 Å². The van der Waals surface area contributed by atoms with E-state index in [2.05, 4.69) is 20.7 Å². The molecule has 31 heavy (non-hydrogen) atoms. The van der Waals surface area contributed by atoms with Crippen LogP contribution in [0.5, 0.6) is 5.75 Å². The van der Waals surface area contributed by atoms with Crippen LogP contribution in [0, 0.1) is 17.2 Å². The third-order valence-electron chi connectivity index (χ3n) is 4.03. The Bertz CT molecular complexity index is 957. The van der Waals surface area contributed by atoms with E-state index in [0.717, 1.165) is 0 Å². The number of hydrogen-bond donors (Lipinski definition) is 3. The van der Waals surface area contributed by atoms with E-state index in [9.17, 15) is 28.0 Å². The number of carbonyl (C=O) groups excluding carboxylic acids is 2. The van der Waals surface area contributed by atoms with Crippen molar-refractivity contribution in [3.8, 4) is 11.8 Å². The van der Waals surface area contributed by atoms with Crippen molar-refractivity contribution in [2.75, 3.05) is 17.2 Å². The molecule has 164 valence electrons. The van der Waals surface area contributed by atoms with Gasteiger partial charge >= 0.3 is 12.2 Å². The molecule has 0 spiro atoms. The van der Waals surface area contributed by atoms with Gasteiger partial charge in [-0.2, -0.15) is 18.4 Å². The van der Waals surface area contributed by atoms with Gasteiger partial charge in [-0.3, -0.25) is 4.79 Å². The molecular weight excluding hydrogens is 413 g/mol. The Hall–Kier alpha value is -3.74. The minimum absolute atomic E-state index is 0.169. The van der Waals surface area contributed by atoms with Gasteiger partial charge in [0.25, 0.3) is 0 Å². The maximum Gasteiger partial charge on any atom is 0.422 e. The number of urea groups is 1. The van der Waals surface area contributed by atoms with Gasteiger partial charge in [0.2, 0.25) is 5.91 Å². The van der Waals surface area contributed by atoms with Gasteiger partial charge in [0, 0.05) is 11.4 Å². The molecule has 10 heteroatoms. The summed E-state index contributed by atoms with van der Waals surface area (Å²) in [4.78, 5) is 24.9. The Morgan fingerprint density at radius 1 is 1.06 bits per heavy atom. The van der Waals surface area contributed by atoms with Crippen LogP contribution in [0.1, 0.15) is 19.4 Å². The largest absolute Gasteiger partial charge is 0.483 e. The molecule has 2 aromatic rings. The molecule has 0 radical (unpaired) electrons. The van der Waals surface area contributed by atoms with E-state index in [4.69, 9.17) is 0 Å². The lowest BCUT2D eigenvalue weighted by Gasteiger charge is -2.22. The minimum atomic E-state index is -4.55. The fourth-order valence-corrected chi connectivity index (χ4v) is 2.57. The number of para-hydroxylation sites is 1. The predicted octanol–water partition coefficient (Wildman–Crippen LogP) is 4.28. The van der Waals surface area contributed by atoms with Crippen LogP contribution in [-0.4, -0.2) is 30.8 Å². The Morgan fingerprint density at radius 3 is 2.32 bits per heavy atom. The molecule has 0 saturated heterocycles. The maximum absolute atomic E-state index is 12.7. The number of amides is 3. The molecule has 1 atom stereocenters. The number of rotatable bonds is 7. The van der Waals surface area contributed by atoms with Gasteiger partial charge in [0.15, 0.2) is 6.61 Å². The Kier molecular flexibility index (Phi) is 7.85. The SMILES string of the molecule is CC(C)C(NC(=O)Nc1ccccc1)C(=O)Nc1ccc(OCC(F)(F)F)c(C#N)c1. The zero-order valence-electron chi connectivity index (χ0n) is 16.8. The highest BCUT2D eigenvalue weighted by Crippen LogP contribution is 2.25. The zero-order valence-corrected chi connectivity index (χ0v) is 16.8. The summed E-state index contributed by atoms with van der Waals surface area (Å²) >= 11 is 0. The summed E-state index contributed by atoms with van der Waals surface area (Å²) in [6.45, 7) is 1.94. The van der Waals surface area contributed by atoms with Gasteiger partial charge in [-0.05, 0) is 36.2 Å². The molecule has 0 aliphatic heterocycles. The fourth-order valence-electron chi connectivity index (χ4n) is 2.57. The van der Waals surface area contributed by atoms with Crippen LogP contribution in [0.3, 0.4) is 0 Å². The highest BCUT2D eigenvalue weighted by atomic mass is 19.4. The second kappa shape index (κ2) is 10.3. The molecule has 0 bridgehead atoms. The van der Waals surface area contributed by atoms with E-state index in [0.29, 0.717) is 5.69 Å². The van der Waals surface area contributed by atoms with Gasteiger partial charge < -0.3 is 20.7 Å². The van der Waals surface area contributed by atoms with Gasteiger partial charge in [-0.15, -0.1) is 0 Å². The molecule has 2 aromatic carbocycles. The molecule has 7 nitrogen and oxygen atoms in total. The molecule has 0 saturated carbocycles. The van der Waals surface area contributed by atoms with Crippen molar-refractivity contribution < 1.29 is 27.5 Å². The van der Waals surface area contributed by atoms with E-state index >= 15 is 0 Å². The van der Waals surface area contributed by atoms with E-state index in [1.54, 1.807) is 50.2 Å². The maximum atomic E-state index is 12.7. The standard InChI is InChI=1S/C21H21F3N4O3/c1-13(2)18(28-20(30)27-15-6-4-3-5-7-15)19(29)26-16-8-9-17(14(10-16)11-25)31-12-21(22,23)24/h3-10,13,18H,12H2,1-2H3,(H,26,29)(H2,27,28,30). The van der Waals surface area contributed by atoms with Crippen molar-refractivity contribution in [3.05, 3.63) is 54.1 Å². The first-order valence-corrected chi connectivity index (χ1v) is 9.26. The summed E-state index contributed by atoms with van der Waals surface area (Å²) in [5.74, 6) is -1.07. The van der Waals surface area contributed by atoms with Crippen molar-refractivity contribution in [3.63, 3.8) is 0 Å². The summed E-state index contributed by atoms with van der Waals surface area (Å²) in [6.07, 6.45) is -4.55. The second-order valence-electron chi connectivity index (χ2n) is 6.90. The van der Waals surface area contributed by atoms with Crippen molar-refractivity contribution >= 4 is 23.3 Å². The molecule has 0 aliphatic rings. The summed E-state index contributed by atoms with van der Waals surface area (Å²) in [6, 6.07) is 12.6. The van der Waals surface area contributed by atoms with E-state index in [-0.39, 0.29) is 22.9 Å². The number of nitrogens with zero attached hydrogens (tertiary/aromatic N) is 1.